The molecule has 0 saturated heterocycles. The number of anilines is 1. The average molecular weight is 314 g/mol. The van der Waals surface area contributed by atoms with Crippen LogP contribution in [0.4, 0.5) is 5.69 Å². The molecule has 0 heterocycles. The summed E-state index contributed by atoms with van der Waals surface area (Å²) in [4.78, 5) is 2.17. The highest BCUT2D eigenvalue weighted by Crippen LogP contribution is 2.28. The molecule has 0 saturated carbocycles. The van der Waals surface area contributed by atoms with Gasteiger partial charge in [0, 0.05) is 30.4 Å². The minimum absolute atomic E-state index is 0.472. The van der Waals surface area contributed by atoms with Crippen LogP contribution in [-0.2, 0) is 4.74 Å². The largest absolute Gasteiger partial charge is 0.389 e. The maximum Gasteiger partial charge on any atom is 0.0772 e. The summed E-state index contributed by atoms with van der Waals surface area (Å²) in [5.74, 6) is 0. The second-order valence-electron chi connectivity index (χ2n) is 4.11. The fraction of sp³-hybridized carbons (Fsp3) is 0.429. The molecule has 0 radical (unpaired) electrons. The third kappa shape index (κ3) is 4.12. The normalized spacial score (nSPS) is 12.2. The zero-order valence-electron chi connectivity index (χ0n) is 10.9. The Balaban J connectivity index is 2.91. The molecule has 0 aliphatic heterocycles. The average Bonchev–Trinajstić information content (AvgIpc) is 2.33. The van der Waals surface area contributed by atoms with Crippen molar-refractivity contribution in [3.05, 3.63) is 40.9 Å². The highest BCUT2D eigenvalue weighted by atomic mass is 79.9. The molecular weight excluding hydrogens is 294 g/mol. The van der Waals surface area contributed by atoms with Gasteiger partial charge in [0.05, 0.1) is 12.7 Å². The molecule has 1 N–H and O–H groups in total. The first kappa shape index (κ1) is 15.2. The summed E-state index contributed by atoms with van der Waals surface area (Å²) in [5.41, 5.74) is 1.98. The first-order chi connectivity index (χ1) is 8.60. The Kier molecular flexibility index (Phi) is 6.39. The standard InChI is InChI=1S/C14H20BrNO2/c1-4-7-16(8-9-18-3)12-5-6-13(11(2)17)14(15)10-12/h4-6,10-11,17H,1,7-9H2,2-3H3/t11-/m1/s1. The van der Waals surface area contributed by atoms with Crippen molar-refractivity contribution in [1.82, 2.24) is 0 Å². The molecule has 0 unspecified atom stereocenters. The molecule has 1 rings (SSSR count). The van der Waals surface area contributed by atoms with Crippen LogP contribution in [0.3, 0.4) is 0 Å². The number of ether oxygens (including phenoxy) is 1. The van der Waals surface area contributed by atoms with E-state index in [0.29, 0.717) is 6.61 Å². The van der Waals surface area contributed by atoms with Gasteiger partial charge >= 0.3 is 0 Å². The van der Waals surface area contributed by atoms with Crippen LogP contribution in [0.5, 0.6) is 0 Å². The molecule has 1 aromatic carbocycles. The third-order valence-corrected chi connectivity index (χ3v) is 3.40. The zero-order valence-corrected chi connectivity index (χ0v) is 12.5. The maximum atomic E-state index is 9.60. The highest BCUT2D eigenvalue weighted by Gasteiger charge is 2.10. The Hall–Kier alpha value is -0.840. The molecule has 0 bridgehead atoms. The summed E-state index contributed by atoms with van der Waals surface area (Å²) in [6.07, 6.45) is 1.40. The number of nitrogens with zero attached hydrogens (tertiary/aromatic N) is 1. The molecule has 4 heteroatoms. The van der Waals surface area contributed by atoms with Crippen LogP contribution < -0.4 is 4.90 Å². The minimum atomic E-state index is -0.472. The van der Waals surface area contributed by atoms with E-state index in [1.165, 1.54) is 0 Å². The molecule has 18 heavy (non-hydrogen) atoms. The molecule has 0 aromatic heterocycles. The van der Waals surface area contributed by atoms with Gasteiger partial charge in [-0.15, -0.1) is 6.58 Å². The summed E-state index contributed by atoms with van der Waals surface area (Å²) < 4.78 is 6.02. The number of methoxy groups -OCH3 is 1. The number of aliphatic hydroxyl groups is 1. The molecule has 1 atom stereocenters. The van der Waals surface area contributed by atoms with Gasteiger partial charge in [-0.25, -0.2) is 0 Å². The Morgan fingerprint density at radius 2 is 2.28 bits per heavy atom. The Morgan fingerprint density at radius 3 is 2.78 bits per heavy atom. The van der Waals surface area contributed by atoms with Gasteiger partial charge in [0.2, 0.25) is 0 Å². The summed E-state index contributed by atoms with van der Waals surface area (Å²) in [6.45, 7) is 7.77. The Bertz CT molecular complexity index is 393. The van der Waals surface area contributed by atoms with Gasteiger partial charge in [-0.1, -0.05) is 28.1 Å². The van der Waals surface area contributed by atoms with E-state index in [2.05, 4.69) is 27.4 Å². The van der Waals surface area contributed by atoms with E-state index in [1.54, 1.807) is 14.0 Å². The van der Waals surface area contributed by atoms with E-state index in [1.807, 2.05) is 24.3 Å². The Labute approximate surface area is 117 Å². The lowest BCUT2D eigenvalue weighted by atomic mass is 10.1. The van der Waals surface area contributed by atoms with Crippen molar-refractivity contribution in [2.24, 2.45) is 0 Å². The van der Waals surface area contributed by atoms with Gasteiger partial charge in [0.15, 0.2) is 0 Å². The van der Waals surface area contributed by atoms with Crippen LogP contribution in [0, 0.1) is 0 Å². The number of aliphatic hydroxyl groups excluding tert-OH is 1. The van der Waals surface area contributed by atoms with Crippen LogP contribution in [-0.4, -0.2) is 31.9 Å². The van der Waals surface area contributed by atoms with Gasteiger partial charge in [-0.3, -0.25) is 0 Å². The van der Waals surface area contributed by atoms with Crippen molar-refractivity contribution >= 4 is 21.6 Å². The molecular formula is C14H20BrNO2. The van der Waals surface area contributed by atoms with E-state index in [0.717, 1.165) is 28.8 Å². The number of benzene rings is 1. The second-order valence-corrected chi connectivity index (χ2v) is 4.96. The molecule has 0 fully saturated rings. The van der Waals surface area contributed by atoms with E-state index < -0.39 is 6.10 Å². The topological polar surface area (TPSA) is 32.7 Å². The van der Waals surface area contributed by atoms with E-state index in [4.69, 9.17) is 4.74 Å². The van der Waals surface area contributed by atoms with Crippen LogP contribution in [0.25, 0.3) is 0 Å². The summed E-state index contributed by atoms with van der Waals surface area (Å²) in [5, 5.41) is 9.60. The van der Waals surface area contributed by atoms with Gasteiger partial charge in [0.1, 0.15) is 0 Å². The second kappa shape index (κ2) is 7.56. The highest BCUT2D eigenvalue weighted by molar-refractivity contribution is 9.10. The lowest BCUT2D eigenvalue weighted by molar-refractivity contribution is 0.198. The van der Waals surface area contributed by atoms with Gasteiger partial charge in [0.25, 0.3) is 0 Å². The van der Waals surface area contributed by atoms with Crippen LogP contribution >= 0.6 is 15.9 Å². The quantitative estimate of drug-likeness (QED) is 0.785. The summed E-state index contributed by atoms with van der Waals surface area (Å²) in [7, 11) is 1.69. The first-order valence-corrected chi connectivity index (χ1v) is 6.71. The fourth-order valence-electron chi connectivity index (χ4n) is 1.73. The SMILES string of the molecule is C=CCN(CCOC)c1ccc([C@@H](C)O)c(Br)c1. The molecule has 0 aliphatic carbocycles. The summed E-state index contributed by atoms with van der Waals surface area (Å²) in [6, 6.07) is 5.96. The molecule has 0 amide bonds. The van der Waals surface area contributed by atoms with Crippen molar-refractivity contribution in [3.63, 3.8) is 0 Å². The van der Waals surface area contributed by atoms with Crippen molar-refractivity contribution in [3.8, 4) is 0 Å². The zero-order chi connectivity index (χ0) is 13.5. The minimum Gasteiger partial charge on any atom is -0.389 e. The van der Waals surface area contributed by atoms with Crippen LogP contribution in [0.1, 0.15) is 18.6 Å². The van der Waals surface area contributed by atoms with Crippen molar-refractivity contribution in [2.75, 3.05) is 31.7 Å². The van der Waals surface area contributed by atoms with Crippen LogP contribution in [0.15, 0.2) is 35.3 Å². The Morgan fingerprint density at radius 1 is 1.56 bits per heavy atom. The van der Waals surface area contributed by atoms with Crippen molar-refractivity contribution < 1.29 is 9.84 Å². The van der Waals surface area contributed by atoms with Gasteiger partial charge in [-0.05, 0) is 24.6 Å². The molecule has 0 aliphatic rings. The van der Waals surface area contributed by atoms with Gasteiger partial charge in [-0.2, -0.15) is 0 Å². The fourth-order valence-corrected chi connectivity index (χ4v) is 2.43. The number of halogens is 1. The number of hydrogen-bond donors (Lipinski definition) is 1. The monoisotopic (exact) mass is 313 g/mol. The van der Waals surface area contributed by atoms with Gasteiger partial charge < -0.3 is 14.7 Å². The number of rotatable bonds is 7. The maximum absolute atomic E-state index is 9.60. The number of hydrogen-bond acceptors (Lipinski definition) is 3. The predicted molar refractivity (Wildman–Crippen MR) is 79.1 cm³/mol. The lowest BCUT2D eigenvalue weighted by Crippen LogP contribution is -2.27. The summed E-state index contributed by atoms with van der Waals surface area (Å²) >= 11 is 3.49. The molecule has 0 spiro atoms. The molecule has 100 valence electrons. The molecule has 3 nitrogen and oxygen atoms in total. The van der Waals surface area contributed by atoms with E-state index in [9.17, 15) is 5.11 Å². The lowest BCUT2D eigenvalue weighted by Gasteiger charge is -2.24. The van der Waals surface area contributed by atoms with E-state index >= 15 is 0 Å². The smallest absolute Gasteiger partial charge is 0.0772 e. The van der Waals surface area contributed by atoms with E-state index in [-0.39, 0.29) is 0 Å². The van der Waals surface area contributed by atoms with Crippen molar-refractivity contribution in [1.29, 1.82) is 0 Å². The van der Waals surface area contributed by atoms with Crippen LogP contribution in [0.2, 0.25) is 0 Å². The first-order valence-electron chi connectivity index (χ1n) is 5.92. The predicted octanol–water partition coefficient (Wildman–Crippen LogP) is 3.14. The third-order valence-electron chi connectivity index (χ3n) is 2.71. The van der Waals surface area contributed by atoms with Crippen molar-refractivity contribution in [2.45, 2.75) is 13.0 Å². The molecule has 1 aromatic rings.